The van der Waals surface area contributed by atoms with Crippen LogP contribution in [-0.2, 0) is 18.8 Å². The Kier molecular flexibility index (Phi) is 2.08. The van der Waals surface area contributed by atoms with Gasteiger partial charge in [-0.05, 0) is 0 Å². The molecule has 0 aromatic heterocycles. The maximum absolute atomic E-state index is 10.5. The summed E-state index contributed by atoms with van der Waals surface area (Å²) in [5, 5.41) is 0. The molecule has 1 rings (SSSR count). The van der Waals surface area contributed by atoms with E-state index in [1.54, 1.807) is 0 Å². The highest BCUT2D eigenvalue weighted by atomic mass is 32.3. The van der Waals surface area contributed by atoms with Gasteiger partial charge in [-0.15, -0.1) is 6.58 Å². The molecule has 0 bridgehead atoms. The Balaban J connectivity index is 2.65. The minimum Gasteiger partial charge on any atom is -0.248 e. The molecule has 10 heavy (non-hydrogen) atoms. The standard InChI is InChI=1S/C5H8O4S/c1-2-5-3-4-8-10(6,7)9-5/h2,5H,1,3-4H2. The summed E-state index contributed by atoms with van der Waals surface area (Å²) in [5.41, 5.74) is 0. The van der Waals surface area contributed by atoms with Gasteiger partial charge in [-0.25, -0.2) is 8.37 Å². The van der Waals surface area contributed by atoms with E-state index in [0.717, 1.165) is 0 Å². The normalized spacial score (nSPS) is 31.4. The van der Waals surface area contributed by atoms with Crippen LogP contribution in [0.4, 0.5) is 0 Å². The molecule has 0 saturated carbocycles. The SMILES string of the molecule is C=CC1CCOS(=O)(=O)O1. The monoisotopic (exact) mass is 164 g/mol. The van der Waals surface area contributed by atoms with Gasteiger partial charge in [-0.2, -0.15) is 8.42 Å². The van der Waals surface area contributed by atoms with Crippen molar-refractivity contribution in [1.29, 1.82) is 0 Å². The molecule has 0 spiro atoms. The Hall–Kier alpha value is -0.390. The van der Waals surface area contributed by atoms with E-state index in [9.17, 15) is 8.42 Å². The van der Waals surface area contributed by atoms with Crippen LogP contribution >= 0.6 is 0 Å². The molecule has 0 N–H and O–H groups in total. The third-order valence-electron chi connectivity index (χ3n) is 1.13. The van der Waals surface area contributed by atoms with E-state index >= 15 is 0 Å². The Morgan fingerprint density at radius 2 is 2.30 bits per heavy atom. The Morgan fingerprint density at radius 3 is 2.70 bits per heavy atom. The van der Waals surface area contributed by atoms with Crippen LogP contribution in [0.25, 0.3) is 0 Å². The Labute approximate surface area is 59.8 Å². The van der Waals surface area contributed by atoms with E-state index in [1.165, 1.54) is 6.08 Å². The van der Waals surface area contributed by atoms with Crippen molar-refractivity contribution in [3.63, 3.8) is 0 Å². The molecule has 0 aromatic carbocycles. The lowest BCUT2D eigenvalue weighted by Crippen LogP contribution is -2.26. The predicted molar refractivity (Wildman–Crippen MR) is 34.6 cm³/mol. The summed E-state index contributed by atoms with van der Waals surface area (Å²) in [6, 6.07) is 0. The molecule has 1 unspecified atom stereocenters. The zero-order valence-electron chi connectivity index (χ0n) is 5.32. The molecule has 1 saturated heterocycles. The highest BCUT2D eigenvalue weighted by Gasteiger charge is 2.23. The number of rotatable bonds is 1. The summed E-state index contributed by atoms with van der Waals surface area (Å²) in [6.45, 7) is 3.58. The smallest absolute Gasteiger partial charge is 0.248 e. The number of hydrogen-bond acceptors (Lipinski definition) is 4. The first-order valence-corrected chi connectivity index (χ1v) is 4.17. The average Bonchev–Trinajstić information content (AvgIpc) is 1.86. The van der Waals surface area contributed by atoms with E-state index in [2.05, 4.69) is 14.9 Å². The molecule has 1 aliphatic heterocycles. The minimum atomic E-state index is -3.72. The molecule has 1 heterocycles. The summed E-state index contributed by atoms with van der Waals surface area (Å²) in [6.07, 6.45) is 1.57. The first-order valence-electron chi connectivity index (χ1n) is 2.84. The molecule has 5 heteroatoms. The quantitative estimate of drug-likeness (QED) is 0.520. The van der Waals surface area contributed by atoms with Crippen LogP contribution in [0.1, 0.15) is 6.42 Å². The fraction of sp³-hybridized carbons (Fsp3) is 0.600. The summed E-state index contributed by atoms with van der Waals surface area (Å²) in [5.74, 6) is 0. The first kappa shape index (κ1) is 7.71. The molecule has 0 amide bonds. The lowest BCUT2D eigenvalue weighted by Gasteiger charge is -2.17. The average molecular weight is 164 g/mol. The summed E-state index contributed by atoms with van der Waals surface area (Å²) >= 11 is 0. The van der Waals surface area contributed by atoms with Crippen LogP contribution in [0.3, 0.4) is 0 Å². The Bertz CT molecular complexity index is 218. The van der Waals surface area contributed by atoms with Gasteiger partial charge in [-0.3, -0.25) is 0 Å². The van der Waals surface area contributed by atoms with Crippen molar-refractivity contribution in [3.8, 4) is 0 Å². The van der Waals surface area contributed by atoms with Crippen molar-refractivity contribution >= 4 is 10.4 Å². The largest absolute Gasteiger partial charge is 0.400 e. The zero-order chi connectivity index (χ0) is 7.61. The van der Waals surface area contributed by atoms with Gasteiger partial charge in [0.2, 0.25) is 0 Å². The molecule has 0 aromatic rings. The van der Waals surface area contributed by atoms with Crippen LogP contribution in [0.5, 0.6) is 0 Å². The van der Waals surface area contributed by atoms with Gasteiger partial charge < -0.3 is 0 Å². The van der Waals surface area contributed by atoms with Crippen LogP contribution in [0.15, 0.2) is 12.7 Å². The molecule has 4 nitrogen and oxygen atoms in total. The van der Waals surface area contributed by atoms with Gasteiger partial charge in [0.1, 0.15) is 0 Å². The Morgan fingerprint density at radius 1 is 1.60 bits per heavy atom. The highest BCUT2D eigenvalue weighted by molar-refractivity contribution is 7.81. The van der Waals surface area contributed by atoms with E-state index in [0.29, 0.717) is 6.42 Å². The third kappa shape index (κ3) is 1.80. The van der Waals surface area contributed by atoms with Gasteiger partial charge in [0, 0.05) is 6.42 Å². The summed E-state index contributed by atoms with van der Waals surface area (Å²) in [4.78, 5) is 0. The van der Waals surface area contributed by atoms with Crippen molar-refractivity contribution in [1.82, 2.24) is 0 Å². The van der Waals surface area contributed by atoms with Gasteiger partial charge in [0.05, 0.1) is 12.7 Å². The van der Waals surface area contributed by atoms with E-state index in [1.807, 2.05) is 0 Å². The van der Waals surface area contributed by atoms with Crippen LogP contribution in [0.2, 0.25) is 0 Å². The van der Waals surface area contributed by atoms with Crippen LogP contribution in [0, 0.1) is 0 Å². The third-order valence-corrected chi connectivity index (χ3v) is 2.07. The first-order chi connectivity index (χ1) is 4.64. The van der Waals surface area contributed by atoms with Crippen LogP contribution < -0.4 is 0 Å². The van der Waals surface area contributed by atoms with Gasteiger partial charge >= 0.3 is 10.4 Å². The second-order valence-corrected chi connectivity index (χ2v) is 3.13. The van der Waals surface area contributed by atoms with Crippen molar-refractivity contribution in [2.75, 3.05) is 6.61 Å². The molecule has 1 aliphatic rings. The van der Waals surface area contributed by atoms with Crippen molar-refractivity contribution in [2.45, 2.75) is 12.5 Å². The van der Waals surface area contributed by atoms with E-state index in [4.69, 9.17) is 0 Å². The minimum absolute atomic E-state index is 0.180. The lowest BCUT2D eigenvalue weighted by molar-refractivity contribution is 0.118. The van der Waals surface area contributed by atoms with E-state index < -0.39 is 16.5 Å². The molecule has 1 fully saturated rings. The molecule has 0 radical (unpaired) electrons. The van der Waals surface area contributed by atoms with Gasteiger partial charge in [0.25, 0.3) is 0 Å². The van der Waals surface area contributed by atoms with Crippen LogP contribution in [-0.4, -0.2) is 21.1 Å². The van der Waals surface area contributed by atoms with E-state index in [-0.39, 0.29) is 6.61 Å². The number of hydrogen-bond donors (Lipinski definition) is 0. The maximum atomic E-state index is 10.5. The molecule has 1 atom stereocenters. The summed E-state index contributed by atoms with van der Waals surface area (Å²) in [7, 11) is -3.72. The van der Waals surface area contributed by atoms with Gasteiger partial charge in [-0.1, -0.05) is 6.08 Å². The fourth-order valence-electron chi connectivity index (χ4n) is 0.651. The molecule has 0 aliphatic carbocycles. The second kappa shape index (κ2) is 2.69. The van der Waals surface area contributed by atoms with Gasteiger partial charge in [0.15, 0.2) is 0 Å². The van der Waals surface area contributed by atoms with Crippen molar-refractivity contribution in [3.05, 3.63) is 12.7 Å². The second-order valence-electron chi connectivity index (χ2n) is 1.89. The predicted octanol–water partition coefficient (Wildman–Crippen LogP) is 0.223. The van der Waals surface area contributed by atoms with Crippen molar-refractivity contribution in [2.24, 2.45) is 0 Å². The highest BCUT2D eigenvalue weighted by Crippen LogP contribution is 2.13. The van der Waals surface area contributed by atoms with Crippen molar-refractivity contribution < 1.29 is 16.8 Å². The molecular formula is C5H8O4S. The molecular weight excluding hydrogens is 156 g/mol. The molecule has 58 valence electrons. The maximum Gasteiger partial charge on any atom is 0.400 e. The topological polar surface area (TPSA) is 52.6 Å². The zero-order valence-corrected chi connectivity index (χ0v) is 6.13. The fourth-order valence-corrected chi connectivity index (χ4v) is 1.48. The summed E-state index contributed by atoms with van der Waals surface area (Å²) < 4.78 is 29.8. The lowest BCUT2D eigenvalue weighted by atomic mass is 10.3.